The fourth-order valence-corrected chi connectivity index (χ4v) is 3.08. The maximum atomic E-state index is 13.8. The first-order chi connectivity index (χ1) is 12.8. The first-order valence-electron chi connectivity index (χ1n) is 9.13. The number of aromatic nitrogens is 4. The molecule has 3 rings (SSSR count). The molecule has 6 nitrogen and oxygen atoms in total. The number of hydrogen-bond donors (Lipinski definition) is 0. The number of rotatable bonds is 7. The minimum atomic E-state index is -0.254. The van der Waals surface area contributed by atoms with Gasteiger partial charge in [-0.3, -0.25) is 9.58 Å². The van der Waals surface area contributed by atoms with Gasteiger partial charge in [0.15, 0.2) is 5.82 Å². The van der Waals surface area contributed by atoms with Gasteiger partial charge in [-0.25, -0.2) is 4.39 Å². The van der Waals surface area contributed by atoms with Gasteiger partial charge in [0.2, 0.25) is 5.89 Å². The zero-order valence-corrected chi connectivity index (χ0v) is 16.5. The van der Waals surface area contributed by atoms with Gasteiger partial charge in [0.05, 0.1) is 12.2 Å². The first kappa shape index (κ1) is 19.2. The van der Waals surface area contributed by atoms with E-state index >= 15 is 0 Å². The monoisotopic (exact) mass is 371 g/mol. The summed E-state index contributed by atoms with van der Waals surface area (Å²) in [5, 5.41) is 8.51. The van der Waals surface area contributed by atoms with Crippen LogP contribution in [0.5, 0.6) is 0 Å². The Morgan fingerprint density at radius 3 is 2.56 bits per heavy atom. The molecule has 0 unspecified atom stereocenters. The zero-order chi connectivity index (χ0) is 19.6. The molecule has 0 aliphatic rings. The van der Waals surface area contributed by atoms with Crippen molar-refractivity contribution in [2.45, 2.75) is 53.2 Å². The molecule has 1 aromatic carbocycles. The van der Waals surface area contributed by atoms with E-state index in [1.54, 1.807) is 18.2 Å². The predicted octanol–water partition coefficient (Wildman–Crippen LogP) is 3.56. The average Bonchev–Trinajstić information content (AvgIpc) is 3.15. The van der Waals surface area contributed by atoms with E-state index in [1.165, 1.54) is 11.6 Å². The summed E-state index contributed by atoms with van der Waals surface area (Å²) in [7, 11) is 1.96. The van der Waals surface area contributed by atoms with E-state index < -0.39 is 0 Å². The molecule has 0 fully saturated rings. The molecular weight excluding hydrogens is 345 g/mol. The summed E-state index contributed by atoms with van der Waals surface area (Å²) in [6, 6.07) is 6.95. The highest BCUT2D eigenvalue weighted by Gasteiger charge is 2.19. The first-order valence-corrected chi connectivity index (χ1v) is 9.13. The number of halogens is 1. The van der Waals surface area contributed by atoms with E-state index in [0.717, 1.165) is 17.9 Å². The summed E-state index contributed by atoms with van der Waals surface area (Å²) in [4.78, 5) is 6.71. The van der Waals surface area contributed by atoms with Crippen molar-refractivity contribution in [3.05, 3.63) is 64.3 Å². The SMILES string of the molecule is Cc1nn(C)c(C)c1CN(Cc1nc(Cc2ccccc2F)no1)C(C)C. The van der Waals surface area contributed by atoms with Crippen molar-refractivity contribution in [3.63, 3.8) is 0 Å². The molecule has 0 aliphatic heterocycles. The lowest BCUT2D eigenvalue weighted by Crippen LogP contribution is -2.30. The second-order valence-electron chi connectivity index (χ2n) is 7.14. The Balaban J connectivity index is 1.72. The molecule has 0 saturated carbocycles. The highest BCUT2D eigenvalue weighted by molar-refractivity contribution is 5.24. The van der Waals surface area contributed by atoms with Crippen molar-refractivity contribution < 1.29 is 8.91 Å². The van der Waals surface area contributed by atoms with Gasteiger partial charge in [-0.1, -0.05) is 23.4 Å². The van der Waals surface area contributed by atoms with Crippen LogP contribution < -0.4 is 0 Å². The van der Waals surface area contributed by atoms with Gasteiger partial charge in [-0.15, -0.1) is 0 Å². The minimum Gasteiger partial charge on any atom is -0.338 e. The Kier molecular flexibility index (Phi) is 5.70. The van der Waals surface area contributed by atoms with Gasteiger partial charge in [0.1, 0.15) is 5.82 Å². The number of benzene rings is 1. The van der Waals surface area contributed by atoms with E-state index in [1.807, 2.05) is 18.7 Å². The second kappa shape index (κ2) is 8.00. The van der Waals surface area contributed by atoms with Gasteiger partial charge < -0.3 is 4.52 Å². The van der Waals surface area contributed by atoms with Crippen LogP contribution in [0.3, 0.4) is 0 Å². The molecule has 0 amide bonds. The third-order valence-electron chi connectivity index (χ3n) is 4.91. The Hall–Kier alpha value is -2.54. The average molecular weight is 371 g/mol. The fraction of sp³-hybridized carbons (Fsp3) is 0.450. The van der Waals surface area contributed by atoms with E-state index in [0.29, 0.717) is 36.3 Å². The van der Waals surface area contributed by atoms with Crippen LogP contribution in [-0.4, -0.2) is 30.9 Å². The van der Waals surface area contributed by atoms with Crippen LogP contribution >= 0.6 is 0 Å². The van der Waals surface area contributed by atoms with Crippen molar-refractivity contribution in [2.75, 3.05) is 0 Å². The zero-order valence-electron chi connectivity index (χ0n) is 16.5. The van der Waals surface area contributed by atoms with Crippen LogP contribution in [0.1, 0.15) is 48.1 Å². The third kappa shape index (κ3) is 4.42. The number of nitrogens with zero attached hydrogens (tertiary/aromatic N) is 5. The van der Waals surface area contributed by atoms with Crippen molar-refractivity contribution in [1.29, 1.82) is 0 Å². The largest absolute Gasteiger partial charge is 0.338 e. The van der Waals surface area contributed by atoms with Crippen LogP contribution in [0, 0.1) is 19.7 Å². The maximum absolute atomic E-state index is 13.8. The van der Waals surface area contributed by atoms with E-state index in [9.17, 15) is 4.39 Å². The van der Waals surface area contributed by atoms with Crippen LogP contribution in [-0.2, 0) is 26.6 Å². The minimum absolute atomic E-state index is 0.254. The van der Waals surface area contributed by atoms with Crippen LogP contribution in [0.25, 0.3) is 0 Å². The third-order valence-corrected chi connectivity index (χ3v) is 4.91. The summed E-state index contributed by atoms with van der Waals surface area (Å²) in [6.07, 6.45) is 0.318. The summed E-state index contributed by atoms with van der Waals surface area (Å²) in [6.45, 7) is 9.67. The summed E-state index contributed by atoms with van der Waals surface area (Å²) < 4.78 is 21.1. The molecule has 0 bridgehead atoms. The molecule has 0 atom stereocenters. The van der Waals surface area contributed by atoms with Crippen molar-refractivity contribution in [2.24, 2.45) is 7.05 Å². The predicted molar refractivity (Wildman–Crippen MR) is 101 cm³/mol. The van der Waals surface area contributed by atoms with E-state index in [2.05, 4.69) is 40.9 Å². The second-order valence-corrected chi connectivity index (χ2v) is 7.14. The van der Waals surface area contributed by atoms with Crippen LogP contribution in [0.2, 0.25) is 0 Å². The molecule has 27 heavy (non-hydrogen) atoms. The topological polar surface area (TPSA) is 60.0 Å². The Morgan fingerprint density at radius 1 is 1.19 bits per heavy atom. The lowest BCUT2D eigenvalue weighted by atomic mass is 10.1. The Labute approximate surface area is 159 Å². The quantitative estimate of drug-likeness (QED) is 0.635. The molecule has 7 heteroatoms. The normalized spacial score (nSPS) is 11.7. The number of aryl methyl sites for hydroxylation is 2. The molecule has 0 aliphatic carbocycles. The molecule has 3 aromatic rings. The Bertz CT molecular complexity index is 915. The van der Waals surface area contributed by atoms with Crippen molar-refractivity contribution in [1.82, 2.24) is 24.8 Å². The Morgan fingerprint density at radius 2 is 1.93 bits per heavy atom. The summed E-state index contributed by atoms with van der Waals surface area (Å²) in [5.74, 6) is 0.775. The van der Waals surface area contributed by atoms with Gasteiger partial charge in [-0.05, 0) is 39.3 Å². The molecule has 0 N–H and O–H groups in total. The van der Waals surface area contributed by atoms with Gasteiger partial charge >= 0.3 is 0 Å². The fourth-order valence-electron chi connectivity index (χ4n) is 3.08. The molecule has 0 radical (unpaired) electrons. The lowest BCUT2D eigenvalue weighted by Gasteiger charge is -2.24. The lowest BCUT2D eigenvalue weighted by molar-refractivity contribution is 0.176. The summed E-state index contributed by atoms with van der Waals surface area (Å²) >= 11 is 0. The van der Waals surface area contributed by atoms with Gasteiger partial charge in [0.25, 0.3) is 0 Å². The van der Waals surface area contributed by atoms with E-state index in [-0.39, 0.29) is 5.82 Å². The van der Waals surface area contributed by atoms with Gasteiger partial charge in [-0.2, -0.15) is 10.1 Å². The number of hydrogen-bond acceptors (Lipinski definition) is 5. The van der Waals surface area contributed by atoms with Crippen LogP contribution in [0.15, 0.2) is 28.8 Å². The van der Waals surface area contributed by atoms with Crippen molar-refractivity contribution in [3.8, 4) is 0 Å². The van der Waals surface area contributed by atoms with Crippen LogP contribution in [0.4, 0.5) is 4.39 Å². The van der Waals surface area contributed by atoms with E-state index in [4.69, 9.17) is 4.52 Å². The highest BCUT2D eigenvalue weighted by atomic mass is 19.1. The van der Waals surface area contributed by atoms with Gasteiger partial charge in [0, 0.05) is 37.3 Å². The molecule has 0 saturated heterocycles. The standard InChI is InChI=1S/C20H26FN5O/c1-13(2)26(11-17-14(3)23-25(5)15(17)4)12-20-22-19(24-27-20)10-16-8-6-7-9-18(16)21/h6-9,13H,10-12H2,1-5H3. The maximum Gasteiger partial charge on any atom is 0.240 e. The molecule has 144 valence electrons. The molecule has 2 aromatic heterocycles. The summed E-state index contributed by atoms with van der Waals surface area (Å²) in [5.41, 5.74) is 3.97. The molecule has 2 heterocycles. The van der Waals surface area contributed by atoms with Crippen molar-refractivity contribution >= 4 is 0 Å². The smallest absolute Gasteiger partial charge is 0.240 e. The molecular formula is C20H26FN5O. The highest BCUT2D eigenvalue weighted by Crippen LogP contribution is 2.18. The molecule has 0 spiro atoms.